The Morgan fingerprint density at radius 3 is 2.65 bits per heavy atom. The van der Waals surface area contributed by atoms with E-state index in [4.69, 9.17) is 0 Å². The molecule has 0 bridgehead atoms. The Morgan fingerprint density at radius 1 is 1.10 bits per heavy atom. The monoisotopic (exact) mass is 297 g/mol. The van der Waals surface area contributed by atoms with Gasteiger partial charge < -0.3 is 0 Å². The molecule has 0 spiro atoms. The molecule has 2 fully saturated rings. The van der Waals surface area contributed by atoms with Crippen molar-refractivity contribution >= 4 is 10.0 Å². The Kier molecular flexibility index (Phi) is 3.82. The van der Waals surface area contributed by atoms with Crippen molar-refractivity contribution in [2.24, 2.45) is 5.92 Å². The highest BCUT2D eigenvalue weighted by molar-refractivity contribution is 7.89. The number of hydrogen-bond donors (Lipinski definition) is 0. The van der Waals surface area contributed by atoms with E-state index in [2.05, 4.69) is 0 Å². The number of nitrogens with zero attached hydrogens (tertiary/aromatic N) is 1. The summed E-state index contributed by atoms with van der Waals surface area (Å²) in [6.07, 6.45) is 6.40. The maximum absolute atomic E-state index is 13.3. The normalized spacial score (nSPS) is 28.1. The highest BCUT2D eigenvalue weighted by Gasteiger charge is 2.39. The molecule has 1 aromatic carbocycles. The lowest BCUT2D eigenvalue weighted by molar-refractivity contribution is 0.129. The van der Waals surface area contributed by atoms with Crippen molar-refractivity contribution < 1.29 is 12.8 Å². The van der Waals surface area contributed by atoms with Crippen molar-refractivity contribution in [1.82, 2.24) is 4.31 Å². The maximum Gasteiger partial charge on any atom is 0.243 e. The molecule has 3 rings (SSSR count). The number of halogens is 1. The van der Waals surface area contributed by atoms with E-state index in [9.17, 15) is 12.8 Å². The first kappa shape index (κ1) is 14.0. The van der Waals surface area contributed by atoms with Crippen molar-refractivity contribution in [3.8, 4) is 0 Å². The second kappa shape index (κ2) is 5.45. The third-order valence-electron chi connectivity index (χ3n) is 4.59. The number of sulfonamides is 1. The topological polar surface area (TPSA) is 37.4 Å². The molecule has 0 amide bonds. The Morgan fingerprint density at radius 2 is 1.85 bits per heavy atom. The van der Waals surface area contributed by atoms with Crippen LogP contribution in [0, 0.1) is 11.7 Å². The van der Waals surface area contributed by atoms with Crippen LogP contribution in [0.5, 0.6) is 0 Å². The Hall–Kier alpha value is -0.940. The minimum atomic E-state index is -3.56. The average Bonchev–Trinajstić information content (AvgIpc) is 2.46. The molecular weight excluding hydrogens is 277 g/mol. The zero-order valence-electron chi connectivity index (χ0n) is 11.5. The second-order valence-electron chi connectivity index (χ2n) is 5.83. The quantitative estimate of drug-likeness (QED) is 0.841. The lowest BCUT2D eigenvalue weighted by Crippen LogP contribution is -2.49. The third kappa shape index (κ3) is 2.49. The number of fused-ring (bicyclic) bond motifs is 1. The zero-order chi connectivity index (χ0) is 14.2. The van der Waals surface area contributed by atoms with Crippen LogP contribution in [0.3, 0.4) is 0 Å². The lowest BCUT2D eigenvalue weighted by Gasteiger charge is -2.43. The van der Waals surface area contributed by atoms with Gasteiger partial charge in [0, 0.05) is 12.6 Å². The van der Waals surface area contributed by atoms with Gasteiger partial charge in [0.1, 0.15) is 5.82 Å². The summed E-state index contributed by atoms with van der Waals surface area (Å²) in [4.78, 5) is 0.0868. The first-order valence-corrected chi connectivity index (χ1v) is 8.80. The SMILES string of the molecule is O=S(=O)(c1cccc(F)c1)N1CCCC2CCCCC21. The van der Waals surface area contributed by atoms with Gasteiger partial charge in [-0.1, -0.05) is 18.9 Å². The van der Waals surface area contributed by atoms with Crippen LogP contribution in [0.1, 0.15) is 38.5 Å². The van der Waals surface area contributed by atoms with Crippen LogP contribution in [0.4, 0.5) is 4.39 Å². The van der Waals surface area contributed by atoms with E-state index in [1.807, 2.05) is 0 Å². The van der Waals surface area contributed by atoms with E-state index >= 15 is 0 Å². The summed E-state index contributed by atoms with van der Waals surface area (Å²) in [7, 11) is -3.56. The van der Waals surface area contributed by atoms with Crippen LogP contribution < -0.4 is 0 Å². The van der Waals surface area contributed by atoms with E-state index in [0.29, 0.717) is 12.5 Å². The fourth-order valence-corrected chi connectivity index (χ4v) is 5.43. The number of piperidine rings is 1. The summed E-state index contributed by atoms with van der Waals surface area (Å²) in [5.74, 6) is -0.0101. The molecule has 0 N–H and O–H groups in total. The summed E-state index contributed by atoms with van der Waals surface area (Å²) >= 11 is 0. The van der Waals surface area contributed by atoms with E-state index < -0.39 is 15.8 Å². The van der Waals surface area contributed by atoms with Gasteiger partial charge in [0.25, 0.3) is 0 Å². The number of benzene rings is 1. The molecule has 110 valence electrons. The standard InChI is InChI=1S/C15H20FNO2S/c16-13-7-3-8-14(11-13)20(18,19)17-10-4-6-12-5-1-2-9-15(12)17/h3,7-8,11-12,15H,1-2,4-6,9-10H2. The average molecular weight is 297 g/mol. The van der Waals surface area contributed by atoms with Gasteiger partial charge in [-0.05, 0) is 49.8 Å². The molecule has 1 saturated carbocycles. The molecule has 2 unspecified atom stereocenters. The van der Waals surface area contributed by atoms with Gasteiger partial charge in [0.15, 0.2) is 0 Å². The van der Waals surface area contributed by atoms with Crippen molar-refractivity contribution in [3.05, 3.63) is 30.1 Å². The Bertz CT molecular complexity index is 585. The van der Waals surface area contributed by atoms with Crippen molar-refractivity contribution in [1.29, 1.82) is 0 Å². The van der Waals surface area contributed by atoms with Crippen LogP contribution in [0.25, 0.3) is 0 Å². The summed E-state index contributed by atoms with van der Waals surface area (Å²) in [6, 6.07) is 5.47. The van der Waals surface area contributed by atoms with Gasteiger partial charge in [-0.2, -0.15) is 4.31 Å². The molecule has 3 nitrogen and oxygen atoms in total. The second-order valence-corrected chi connectivity index (χ2v) is 7.72. The van der Waals surface area contributed by atoms with E-state index in [1.165, 1.54) is 24.6 Å². The molecule has 0 radical (unpaired) electrons. The number of hydrogen-bond acceptors (Lipinski definition) is 2. The van der Waals surface area contributed by atoms with Gasteiger partial charge in [0.05, 0.1) is 4.90 Å². The van der Waals surface area contributed by atoms with E-state index in [1.54, 1.807) is 4.31 Å². The highest BCUT2D eigenvalue weighted by Crippen LogP contribution is 2.37. The highest BCUT2D eigenvalue weighted by atomic mass is 32.2. The van der Waals surface area contributed by atoms with Crippen LogP contribution in [-0.4, -0.2) is 25.3 Å². The molecule has 2 aliphatic rings. The first-order chi connectivity index (χ1) is 9.59. The minimum absolute atomic E-state index is 0.0868. The Labute approximate surface area is 119 Å². The molecule has 20 heavy (non-hydrogen) atoms. The molecule has 0 aromatic heterocycles. The fourth-order valence-electron chi connectivity index (χ4n) is 3.64. The maximum atomic E-state index is 13.3. The number of rotatable bonds is 2. The summed E-state index contributed by atoms with van der Waals surface area (Å²) in [6.45, 7) is 0.569. The molecule has 1 saturated heterocycles. The van der Waals surface area contributed by atoms with Gasteiger partial charge in [0.2, 0.25) is 10.0 Å². The molecule has 5 heteroatoms. The van der Waals surface area contributed by atoms with Crippen molar-refractivity contribution in [2.75, 3.05) is 6.54 Å². The predicted molar refractivity (Wildman–Crippen MR) is 75.3 cm³/mol. The van der Waals surface area contributed by atoms with Crippen molar-refractivity contribution in [2.45, 2.75) is 49.5 Å². The zero-order valence-corrected chi connectivity index (χ0v) is 12.3. The lowest BCUT2D eigenvalue weighted by atomic mass is 9.79. The Balaban J connectivity index is 1.93. The van der Waals surface area contributed by atoms with Crippen LogP contribution in [0.2, 0.25) is 0 Å². The summed E-state index contributed by atoms with van der Waals surface area (Å²) in [5.41, 5.74) is 0. The molecule has 1 aliphatic carbocycles. The van der Waals surface area contributed by atoms with Crippen LogP contribution in [-0.2, 0) is 10.0 Å². The van der Waals surface area contributed by atoms with Gasteiger partial charge >= 0.3 is 0 Å². The third-order valence-corrected chi connectivity index (χ3v) is 6.52. The molecule has 1 aromatic rings. The molecule has 1 heterocycles. The predicted octanol–water partition coefficient (Wildman–Crippen LogP) is 3.17. The molecular formula is C15H20FNO2S. The van der Waals surface area contributed by atoms with Crippen LogP contribution in [0.15, 0.2) is 29.2 Å². The van der Waals surface area contributed by atoms with Gasteiger partial charge in [-0.3, -0.25) is 0 Å². The van der Waals surface area contributed by atoms with E-state index in [-0.39, 0.29) is 10.9 Å². The van der Waals surface area contributed by atoms with Gasteiger partial charge in [-0.25, -0.2) is 12.8 Å². The van der Waals surface area contributed by atoms with E-state index in [0.717, 1.165) is 38.2 Å². The van der Waals surface area contributed by atoms with Crippen LogP contribution >= 0.6 is 0 Å². The summed E-state index contributed by atoms with van der Waals surface area (Å²) < 4.78 is 40.5. The molecule has 2 atom stereocenters. The largest absolute Gasteiger partial charge is 0.243 e. The minimum Gasteiger partial charge on any atom is -0.207 e. The van der Waals surface area contributed by atoms with Crippen molar-refractivity contribution in [3.63, 3.8) is 0 Å². The first-order valence-electron chi connectivity index (χ1n) is 7.36. The summed E-state index contributed by atoms with van der Waals surface area (Å²) in [5, 5.41) is 0. The fraction of sp³-hybridized carbons (Fsp3) is 0.600. The smallest absolute Gasteiger partial charge is 0.207 e. The molecule has 1 aliphatic heterocycles. The van der Waals surface area contributed by atoms with Gasteiger partial charge in [-0.15, -0.1) is 0 Å².